The Kier molecular flexibility index (Phi) is 5.85. The Morgan fingerprint density at radius 1 is 1.12 bits per heavy atom. The number of para-hydroxylation sites is 1. The topological polar surface area (TPSA) is 120 Å². The summed E-state index contributed by atoms with van der Waals surface area (Å²) in [7, 11) is 0. The highest BCUT2D eigenvalue weighted by Gasteiger charge is 2.57. The molecule has 8 heteroatoms. The second kappa shape index (κ2) is 8.70. The van der Waals surface area contributed by atoms with Gasteiger partial charge in [0.1, 0.15) is 12.1 Å². The van der Waals surface area contributed by atoms with Crippen molar-refractivity contribution >= 4 is 23.5 Å². The minimum Gasteiger partial charge on any atom is -0.451 e. The normalized spacial score (nSPS) is 34.4. The van der Waals surface area contributed by atoms with Crippen LogP contribution in [0.15, 0.2) is 24.3 Å². The highest BCUT2D eigenvalue weighted by Crippen LogP contribution is 2.60. The molecule has 1 aromatic rings. The van der Waals surface area contributed by atoms with Crippen LogP contribution < -0.4 is 5.32 Å². The zero-order valence-corrected chi connectivity index (χ0v) is 19.4. The van der Waals surface area contributed by atoms with Gasteiger partial charge in [0.05, 0.1) is 22.8 Å². The van der Waals surface area contributed by atoms with Crippen molar-refractivity contribution < 1.29 is 24.2 Å². The first-order valence-corrected chi connectivity index (χ1v) is 12.3. The maximum absolute atomic E-state index is 13.8. The molecule has 1 heterocycles. The standard InChI is InChI=1S/C26H31N3O5/c1-15(23(31)28-21-5-3-2-4-19(21)13-27)34-24(32)22-9-20(30)14-29(22)25(33)26-10-16-6-17(11-26)8-18(7-16)12-26/h2-5,15-18,20,22,30H,6-12,14H2,1H3,(H,28,31)/t15?,16?,17?,18?,20?,22-,26?/m0/s1. The van der Waals surface area contributed by atoms with Crippen LogP contribution in [0.2, 0.25) is 0 Å². The van der Waals surface area contributed by atoms with Gasteiger partial charge in [-0.3, -0.25) is 9.59 Å². The van der Waals surface area contributed by atoms with Crippen LogP contribution in [-0.4, -0.2) is 52.6 Å². The number of carbonyl (C=O) groups excluding carboxylic acids is 3. The van der Waals surface area contributed by atoms with Crippen molar-refractivity contribution in [1.29, 1.82) is 5.26 Å². The van der Waals surface area contributed by atoms with E-state index >= 15 is 0 Å². The molecular formula is C26H31N3O5. The fraction of sp³-hybridized carbons (Fsp3) is 0.615. The van der Waals surface area contributed by atoms with Gasteiger partial charge in [-0.15, -0.1) is 0 Å². The van der Waals surface area contributed by atoms with Gasteiger partial charge in [0.15, 0.2) is 6.10 Å². The van der Waals surface area contributed by atoms with Crippen LogP contribution in [0.3, 0.4) is 0 Å². The van der Waals surface area contributed by atoms with Crippen LogP contribution in [0.25, 0.3) is 0 Å². The van der Waals surface area contributed by atoms with Gasteiger partial charge < -0.3 is 20.1 Å². The van der Waals surface area contributed by atoms with Crippen LogP contribution in [0.4, 0.5) is 5.69 Å². The van der Waals surface area contributed by atoms with Gasteiger partial charge in [-0.1, -0.05) is 12.1 Å². The van der Waals surface area contributed by atoms with Gasteiger partial charge in [0.2, 0.25) is 5.91 Å². The monoisotopic (exact) mass is 465 g/mol. The number of hydrogen-bond donors (Lipinski definition) is 2. The minimum absolute atomic E-state index is 0.0230. The van der Waals surface area contributed by atoms with Gasteiger partial charge in [0, 0.05) is 13.0 Å². The summed E-state index contributed by atoms with van der Waals surface area (Å²) in [5, 5.41) is 22.2. The number of nitrogens with zero attached hydrogens (tertiary/aromatic N) is 2. The van der Waals surface area contributed by atoms with E-state index in [9.17, 15) is 24.8 Å². The molecule has 1 aliphatic heterocycles. The molecule has 1 saturated heterocycles. The molecule has 2 N–H and O–H groups in total. The van der Waals surface area contributed by atoms with E-state index in [-0.39, 0.29) is 18.9 Å². The molecule has 4 saturated carbocycles. The van der Waals surface area contributed by atoms with E-state index in [1.807, 2.05) is 6.07 Å². The molecule has 6 rings (SSSR count). The summed E-state index contributed by atoms with van der Waals surface area (Å²) in [6, 6.07) is 7.69. The van der Waals surface area contributed by atoms with Crippen molar-refractivity contribution in [2.24, 2.45) is 23.2 Å². The lowest BCUT2D eigenvalue weighted by molar-refractivity contribution is -0.168. The molecule has 2 unspecified atom stereocenters. The van der Waals surface area contributed by atoms with Gasteiger partial charge in [-0.05, 0) is 75.3 Å². The first-order valence-electron chi connectivity index (χ1n) is 12.3. The molecule has 0 spiro atoms. The average molecular weight is 466 g/mol. The lowest BCUT2D eigenvalue weighted by Gasteiger charge is -2.56. The number of esters is 1. The maximum atomic E-state index is 13.8. The highest BCUT2D eigenvalue weighted by atomic mass is 16.5. The minimum atomic E-state index is -1.12. The number of likely N-dealkylation sites (tertiary alicyclic amines) is 1. The number of aliphatic hydroxyl groups is 1. The molecule has 4 bridgehead atoms. The van der Waals surface area contributed by atoms with Gasteiger partial charge >= 0.3 is 5.97 Å². The molecule has 1 aromatic carbocycles. The first kappa shape index (κ1) is 22.9. The molecule has 4 aliphatic carbocycles. The van der Waals surface area contributed by atoms with Crippen molar-refractivity contribution in [3.05, 3.63) is 29.8 Å². The van der Waals surface area contributed by atoms with E-state index in [2.05, 4.69) is 5.32 Å². The van der Waals surface area contributed by atoms with Crippen LogP contribution in [-0.2, 0) is 19.1 Å². The first-order chi connectivity index (χ1) is 16.3. The number of amides is 2. The number of aliphatic hydroxyl groups excluding tert-OH is 1. The molecule has 0 radical (unpaired) electrons. The van der Waals surface area contributed by atoms with Crippen molar-refractivity contribution in [3.63, 3.8) is 0 Å². The summed E-state index contributed by atoms with van der Waals surface area (Å²) < 4.78 is 5.45. The number of benzene rings is 1. The molecule has 0 aromatic heterocycles. The van der Waals surface area contributed by atoms with Crippen molar-refractivity contribution in [2.75, 3.05) is 11.9 Å². The summed E-state index contributed by atoms with van der Waals surface area (Å²) in [4.78, 5) is 41.0. The molecule has 5 fully saturated rings. The van der Waals surface area contributed by atoms with Crippen LogP contribution in [0.1, 0.15) is 57.4 Å². The van der Waals surface area contributed by atoms with Gasteiger partial charge in [-0.2, -0.15) is 5.26 Å². The Labute approximate surface area is 199 Å². The second-order valence-electron chi connectivity index (χ2n) is 10.8. The third-order valence-electron chi connectivity index (χ3n) is 8.27. The number of nitriles is 1. The molecule has 8 nitrogen and oxygen atoms in total. The van der Waals surface area contributed by atoms with Crippen LogP contribution in [0, 0.1) is 34.5 Å². The Hall–Kier alpha value is -2.92. The fourth-order valence-corrected chi connectivity index (χ4v) is 7.17. The van der Waals surface area contributed by atoms with E-state index in [4.69, 9.17) is 4.74 Å². The lowest BCUT2D eigenvalue weighted by Crippen LogP contribution is -2.56. The summed E-state index contributed by atoms with van der Waals surface area (Å²) in [5.74, 6) is 0.513. The Morgan fingerprint density at radius 2 is 1.74 bits per heavy atom. The number of carbonyl (C=O) groups is 3. The molecular weight excluding hydrogens is 434 g/mol. The Morgan fingerprint density at radius 3 is 2.35 bits per heavy atom. The zero-order chi connectivity index (χ0) is 24.0. The smallest absolute Gasteiger partial charge is 0.329 e. The predicted octanol–water partition coefficient (Wildman–Crippen LogP) is 2.61. The molecule has 5 aliphatic rings. The van der Waals surface area contributed by atoms with E-state index < -0.39 is 35.5 Å². The summed E-state index contributed by atoms with van der Waals surface area (Å²) in [5.41, 5.74) is 0.231. The lowest BCUT2D eigenvalue weighted by atomic mass is 9.49. The number of hydrogen-bond acceptors (Lipinski definition) is 6. The zero-order valence-electron chi connectivity index (χ0n) is 19.4. The molecule has 180 valence electrons. The molecule has 3 atom stereocenters. The van der Waals surface area contributed by atoms with Gasteiger partial charge in [-0.25, -0.2) is 4.79 Å². The van der Waals surface area contributed by atoms with E-state index in [1.54, 1.807) is 24.3 Å². The Bertz CT molecular complexity index is 1010. The number of β-amino-alcohol motifs (C(OH)–C–C–N with tert-alkyl or cyclic N) is 1. The molecule has 34 heavy (non-hydrogen) atoms. The second-order valence-corrected chi connectivity index (χ2v) is 10.8. The predicted molar refractivity (Wildman–Crippen MR) is 122 cm³/mol. The fourth-order valence-electron chi connectivity index (χ4n) is 7.17. The number of ether oxygens (including phenoxy) is 1. The van der Waals surface area contributed by atoms with Crippen molar-refractivity contribution in [3.8, 4) is 6.07 Å². The van der Waals surface area contributed by atoms with E-state index in [0.717, 1.165) is 19.3 Å². The number of rotatable bonds is 5. The number of nitrogens with one attached hydrogen (secondary N) is 1. The van der Waals surface area contributed by atoms with Crippen molar-refractivity contribution in [1.82, 2.24) is 4.90 Å². The maximum Gasteiger partial charge on any atom is 0.329 e. The quantitative estimate of drug-likeness (QED) is 0.645. The third kappa shape index (κ3) is 4.07. The van der Waals surface area contributed by atoms with E-state index in [1.165, 1.54) is 31.1 Å². The SMILES string of the molecule is CC(OC(=O)[C@@H]1CC(O)CN1C(=O)C12CC3CC(CC(C3)C1)C2)C(=O)Nc1ccccc1C#N. The van der Waals surface area contributed by atoms with Crippen LogP contribution in [0.5, 0.6) is 0 Å². The largest absolute Gasteiger partial charge is 0.451 e. The third-order valence-corrected chi connectivity index (χ3v) is 8.27. The van der Waals surface area contributed by atoms with Crippen molar-refractivity contribution in [2.45, 2.75) is 70.1 Å². The van der Waals surface area contributed by atoms with Crippen LogP contribution >= 0.6 is 0 Å². The summed E-state index contributed by atoms with van der Waals surface area (Å²) in [6.45, 7) is 1.58. The molecule has 2 amide bonds. The summed E-state index contributed by atoms with van der Waals surface area (Å²) >= 11 is 0. The summed E-state index contributed by atoms with van der Waals surface area (Å²) in [6.07, 6.45) is 4.47. The average Bonchev–Trinajstić information content (AvgIpc) is 3.19. The highest BCUT2D eigenvalue weighted by molar-refractivity contribution is 5.97. The van der Waals surface area contributed by atoms with Gasteiger partial charge in [0.25, 0.3) is 5.91 Å². The number of anilines is 1. The van der Waals surface area contributed by atoms with E-state index in [0.29, 0.717) is 29.0 Å². The Balaban J connectivity index is 1.26.